The van der Waals surface area contributed by atoms with E-state index in [0.717, 1.165) is 23.1 Å². The second kappa shape index (κ2) is 11.3. The topological polar surface area (TPSA) is 54.3 Å². The van der Waals surface area contributed by atoms with Crippen molar-refractivity contribution in [1.82, 2.24) is 24.6 Å². The van der Waals surface area contributed by atoms with E-state index in [1.807, 2.05) is 41.6 Å². The Balaban J connectivity index is 1.19. The van der Waals surface area contributed by atoms with Gasteiger partial charge in [0, 0.05) is 55.0 Å². The third-order valence-electron chi connectivity index (χ3n) is 9.23. The van der Waals surface area contributed by atoms with E-state index in [1.54, 1.807) is 4.90 Å². The first-order chi connectivity index (χ1) is 20.0. The van der Waals surface area contributed by atoms with E-state index in [9.17, 15) is 22.4 Å². The lowest BCUT2D eigenvalue weighted by Crippen LogP contribution is -2.42. The van der Waals surface area contributed by atoms with Crippen LogP contribution in [0.5, 0.6) is 0 Å². The molecule has 0 radical (unpaired) electrons. The van der Waals surface area contributed by atoms with E-state index in [1.165, 1.54) is 12.1 Å². The number of benzene rings is 2. The molecule has 224 valence electrons. The van der Waals surface area contributed by atoms with E-state index in [4.69, 9.17) is 16.6 Å². The molecule has 1 aromatic heterocycles. The van der Waals surface area contributed by atoms with Gasteiger partial charge < -0.3 is 4.90 Å². The van der Waals surface area contributed by atoms with Crippen molar-refractivity contribution in [3.8, 4) is 5.69 Å². The van der Waals surface area contributed by atoms with Gasteiger partial charge in [-0.05, 0) is 80.8 Å². The quantitative estimate of drug-likeness (QED) is 0.316. The molecule has 6 rings (SSSR count). The minimum Gasteiger partial charge on any atom is -0.342 e. The number of nitrogens with zero attached hydrogens (tertiary/aromatic N) is 5. The number of amides is 1. The zero-order valence-electron chi connectivity index (χ0n) is 23.7. The average Bonchev–Trinajstić information content (AvgIpc) is 3.66. The Kier molecular flexibility index (Phi) is 7.81. The minimum absolute atomic E-state index is 0.0831. The molecule has 0 N–H and O–H groups in total. The van der Waals surface area contributed by atoms with Crippen LogP contribution < -0.4 is 0 Å². The monoisotopic (exact) mass is 603 g/mol. The number of piperidine rings is 1. The molecule has 42 heavy (non-hydrogen) atoms. The second-order valence-corrected chi connectivity index (χ2v) is 12.4. The average molecular weight is 604 g/mol. The number of aryl methyl sites for hydroxylation is 2. The molecule has 6 nitrogen and oxygen atoms in total. The maximum Gasteiger partial charge on any atom is 0.261 e. The highest BCUT2D eigenvalue weighted by molar-refractivity contribution is 6.31. The van der Waals surface area contributed by atoms with Gasteiger partial charge in [0.05, 0.1) is 12.2 Å². The van der Waals surface area contributed by atoms with E-state index in [0.29, 0.717) is 49.6 Å². The van der Waals surface area contributed by atoms with Crippen LogP contribution in [0.25, 0.3) is 5.69 Å². The van der Waals surface area contributed by atoms with Gasteiger partial charge in [-0.1, -0.05) is 17.7 Å². The largest absolute Gasteiger partial charge is 0.342 e. The van der Waals surface area contributed by atoms with Gasteiger partial charge >= 0.3 is 0 Å². The van der Waals surface area contributed by atoms with Crippen molar-refractivity contribution in [2.24, 2.45) is 5.92 Å². The van der Waals surface area contributed by atoms with Crippen LogP contribution in [0.3, 0.4) is 0 Å². The van der Waals surface area contributed by atoms with Crippen LogP contribution in [-0.4, -0.2) is 68.6 Å². The first-order valence-electron chi connectivity index (χ1n) is 14.5. The van der Waals surface area contributed by atoms with Crippen LogP contribution >= 0.6 is 11.6 Å². The number of carbonyl (C=O) groups is 1. The lowest BCUT2D eigenvalue weighted by molar-refractivity contribution is -0.137. The minimum atomic E-state index is -2.76. The number of hydrogen-bond acceptors (Lipinski definition) is 4. The Bertz CT molecular complexity index is 1490. The summed E-state index contributed by atoms with van der Waals surface area (Å²) in [6.07, 6.45) is 1.90. The molecule has 11 heteroatoms. The lowest BCUT2D eigenvalue weighted by atomic mass is 9.86. The molecule has 1 saturated carbocycles. The molecule has 1 amide bonds. The second-order valence-electron chi connectivity index (χ2n) is 12.0. The molecule has 3 heterocycles. The molecule has 0 bridgehead atoms. The van der Waals surface area contributed by atoms with E-state index < -0.39 is 29.4 Å². The number of likely N-dealkylation sites (tertiary alicyclic amines) is 2. The van der Waals surface area contributed by atoms with Gasteiger partial charge in [-0.2, -0.15) is 5.10 Å². The molecule has 2 aliphatic heterocycles. The van der Waals surface area contributed by atoms with Crippen molar-refractivity contribution in [3.63, 3.8) is 0 Å². The lowest BCUT2D eigenvalue weighted by Gasteiger charge is -2.34. The third kappa shape index (κ3) is 5.67. The number of carbonyl (C=O) groups excluding carboxylic acids is 1. The fraction of sp³-hybridized carbons (Fsp3) is 0.516. The first kappa shape index (κ1) is 29.1. The standard InChI is InChI=1S/C31H34ClF4N5O/c1-18-13-22(4-6-27(18)32)41-29(37-19(2)38-41)20-7-10-39(11-8-20)30(42)26-16-23(40-12-9-31(35,36)17-40)15-25(26)24-5-3-21(33)14-28(24)34/h3-6,13-14,20,23,25-26H,7-12,15-17H2,1-2H3/t23?,25-,26+/m0/s1. The highest BCUT2D eigenvalue weighted by Crippen LogP contribution is 2.46. The Hall–Kier alpha value is -2.98. The third-order valence-corrected chi connectivity index (χ3v) is 9.65. The van der Waals surface area contributed by atoms with Gasteiger partial charge in [-0.25, -0.2) is 27.2 Å². The fourth-order valence-corrected chi connectivity index (χ4v) is 7.16. The Labute approximate surface area is 247 Å². The molecule has 0 spiro atoms. The van der Waals surface area contributed by atoms with Crippen LogP contribution in [0.15, 0.2) is 36.4 Å². The Morgan fingerprint density at radius 1 is 1.02 bits per heavy atom. The zero-order chi connectivity index (χ0) is 29.8. The normalized spacial score (nSPS) is 24.9. The van der Waals surface area contributed by atoms with Gasteiger partial charge in [-0.3, -0.25) is 9.69 Å². The molecule has 3 aromatic rings. The Morgan fingerprint density at radius 2 is 1.79 bits per heavy atom. The number of hydrogen-bond donors (Lipinski definition) is 0. The van der Waals surface area contributed by atoms with Crippen molar-refractivity contribution in [2.45, 2.75) is 69.8 Å². The van der Waals surface area contributed by atoms with Crippen LogP contribution in [0.4, 0.5) is 17.6 Å². The van der Waals surface area contributed by atoms with Crippen molar-refractivity contribution < 1.29 is 22.4 Å². The SMILES string of the molecule is Cc1nc(C2CCN(C(=O)[C@@H]3CC(N4CCC(F)(F)C4)C[C@H]3c3ccc(F)cc3F)CC2)n(-c2ccc(Cl)c(C)c2)n1. The molecule has 3 aliphatic rings. The highest BCUT2D eigenvalue weighted by Gasteiger charge is 2.48. The molecule has 2 aromatic carbocycles. The predicted octanol–water partition coefficient (Wildman–Crippen LogP) is 6.43. The molecular formula is C31H34ClF4N5O. The van der Waals surface area contributed by atoms with Crippen molar-refractivity contribution in [3.05, 3.63) is 75.8 Å². The van der Waals surface area contributed by atoms with Gasteiger partial charge in [0.1, 0.15) is 23.3 Å². The van der Waals surface area contributed by atoms with E-state index in [2.05, 4.69) is 5.10 Å². The molecule has 1 unspecified atom stereocenters. The Morgan fingerprint density at radius 3 is 2.45 bits per heavy atom. The summed E-state index contributed by atoms with van der Waals surface area (Å²) in [6.45, 7) is 4.68. The summed E-state index contributed by atoms with van der Waals surface area (Å²) in [5, 5.41) is 5.30. The summed E-state index contributed by atoms with van der Waals surface area (Å²) < 4.78 is 58.6. The van der Waals surface area contributed by atoms with Crippen molar-refractivity contribution in [1.29, 1.82) is 0 Å². The van der Waals surface area contributed by atoms with Gasteiger partial charge in [0.15, 0.2) is 0 Å². The predicted molar refractivity (Wildman–Crippen MR) is 151 cm³/mol. The summed E-state index contributed by atoms with van der Waals surface area (Å²) in [7, 11) is 0. The van der Waals surface area contributed by atoms with Gasteiger partial charge in [0.2, 0.25) is 5.91 Å². The highest BCUT2D eigenvalue weighted by atomic mass is 35.5. The maximum atomic E-state index is 15.0. The number of halogens is 5. The van der Waals surface area contributed by atoms with E-state index in [-0.39, 0.29) is 42.9 Å². The first-order valence-corrected chi connectivity index (χ1v) is 14.9. The molecule has 3 atom stereocenters. The van der Waals surface area contributed by atoms with Crippen LogP contribution in [0.2, 0.25) is 5.02 Å². The molecule has 3 fully saturated rings. The number of alkyl halides is 2. The van der Waals surface area contributed by atoms with Crippen LogP contribution in [-0.2, 0) is 4.79 Å². The molecule has 2 saturated heterocycles. The van der Waals surface area contributed by atoms with Crippen molar-refractivity contribution >= 4 is 17.5 Å². The summed E-state index contributed by atoms with van der Waals surface area (Å²) in [6, 6.07) is 8.89. The van der Waals surface area contributed by atoms with Crippen LogP contribution in [0.1, 0.15) is 66.7 Å². The molecular weight excluding hydrogens is 570 g/mol. The van der Waals surface area contributed by atoms with Crippen molar-refractivity contribution in [2.75, 3.05) is 26.2 Å². The zero-order valence-corrected chi connectivity index (χ0v) is 24.4. The number of aromatic nitrogens is 3. The molecule has 1 aliphatic carbocycles. The van der Waals surface area contributed by atoms with Crippen LogP contribution in [0, 0.1) is 31.4 Å². The summed E-state index contributed by atoms with van der Waals surface area (Å²) in [5.41, 5.74) is 2.09. The van der Waals surface area contributed by atoms with E-state index >= 15 is 0 Å². The van der Waals surface area contributed by atoms with Gasteiger partial charge in [0.25, 0.3) is 5.92 Å². The maximum absolute atomic E-state index is 15.0. The summed E-state index contributed by atoms with van der Waals surface area (Å²) >= 11 is 6.23. The number of rotatable bonds is 5. The summed E-state index contributed by atoms with van der Waals surface area (Å²) in [5.74, 6) is -3.74. The van der Waals surface area contributed by atoms with Gasteiger partial charge in [-0.15, -0.1) is 0 Å². The smallest absolute Gasteiger partial charge is 0.261 e. The summed E-state index contributed by atoms with van der Waals surface area (Å²) in [4.78, 5) is 22.2. The fourth-order valence-electron chi connectivity index (χ4n) is 7.04.